The largest absolute Gasteiger partial charge is 0.340 e. The third-order valence-corrected chi connectivity index (χ3v) is 5.49. The van der Waals surface area contributed by atoms with Crippen molar-refractivity contribution in [1.29, 1.82) is 0 Å². The van der Waals surface area contributed by atoms with E-state index in [4.69, 9.17) is 0 Å². The fraction of sp³-hybridized carbons (Fsp3) is 0.500. The van der Waals surface area contributed by atoms with Crippen molar-refractivity contribution >= 4 is 11.8 Å². The van der Waals surface area contributed by atoms with E-state index in [0.29, 0.717) is 39.0 Å². The van der Waals surface area contributed by atoms with E-state index in [1.54, 1.807) is 6.20 Å². The number of rotatable bonds is 7. The second kappa shape index (κ2) is 9.53. The topological polar surface area (TPSA) is 58.4 Å². The van der Waals surface area contributed by atoms with Crippen LogP contribution in [0, 0.1) is 0 Å². The highest BCUT2D eigenvalue weighted by Gasteiger charge is 2.30. The van der Waals surface area contributed by atoms with Crippen LogP contribution < -0.4 is 0 Å². The van der Waals surface area contributed by atoms with Gasteiger partial charge in [0.25, 0.3) is 0 Å². The molecule has 6 heteroatoms. The van der Waals surface area contributed by atoms with E-state index in [-0.39, 0.29) is 17.9 Å². The first-order valence-electron chi connectivity index (χ1n) is 10.2. The highest BCUT2D eigenvalue weighted by Crippen LogP contribution is 2.18. The van der Waals surface area contributed by atoms with Gasteiger partial charge in [0.05, 0.1) is 0 Å². The van der Waals surface area contributed by atoms with Crippen LogP contribution in [-0.2, 0) is 29.1 Å². The van der Waals surface area contributed by atoms with Crippen molar-refractivity contribution in [3.63, 3.8) is 0 Å². The Morgan fingerprint density at radius 2 is 2.00 bits per heavy atom. The minimum atomic E-state index is 0.0543. The molecule has 0 N–H and O–H groups in total. The standard InChI is InChI=1S/C22H30N4O2/c1-3-19-17-25(21(27)10-13-24-15-12-23-20(24)4-2)14-11-22(28)26(19)16-18-8-6-5-7-9-18/h5-9,12,15,19H,3-4,10-11,13-14,16-17H2,1-2H3/t19-/m1/s1. The summed E-state index contributed by atoms with van der Waals surface area (Å²) in [6.45, 7) is 6.51. The minimum absolute atomic E-state index is 0.0543. The summed E-state index contributed by atoms with van der Waals surface area (Å²) in [5.74, 6) is 1.25. The molecule has 1 aromatic heterocycles. The lowest BCUT2D eigenvalue weighted by Crippen LogP contribution is -2.43. The van der Waals surface area contributed by atoms with Gasteiger partial charge in [0, 0.05) is 63.9 Å². The Balaban J connectivity index is 1.64. The van der Waals surface area contributed by atoms with Crippen LogP contribution in [0.25, 0.3) is 0 Å². The summed E-state index contributed by atoms with van der Waals surface area (Å²) in [6, 6.07) is 10.1. The molecule has 1 aromatic carbocycles. The lowest BCUT2D eigenvalue weighted by Gasteiger charge is -2.31. The average Bonchev–Trinajstić information content (AvgIpc) is 3.12. The van der Waals surface area contributed by atoms with Crippen molar-refractivity contribution in [2.24, 2.45) is 0 Å². The van der Waals surface area contributed by atoms with E-state index in [9.17, 15) is 9.59 Å². The quantitative estimate of drug-likeness (QED) is 0.740. The fourth-order valence-corrected chi connectivity index (χ4v) is 3.83. The predicted molar refractivity (Wildman–Crippen MR) is 108 cm³/mol. The van der Waals surface area contributed by atoms with Gasteiger partial charge in [-0.05, 0) is 12.0 Å². The van der Waals surface area contributed by atoms with Gasteiger partial charge in [-0.15, -0.1) is 0 Å². The number of hydrogen-bond acceptors (Lipinski definition) is 3. The van der Waals surface area contributed by atoms with Crippen molar-refractivity contribution in [1.82, 2.24) is 19.4 Å². The van der Waals surface area contributed by atoms with E-state index in [0.717, 1.165) is 24.2 Å². The first-order valence-corrected chi connectivity index (χ1v) is 10.2. The molecule has 0 spiro atoms. The maximum atomic E-state index is 12.8. The van der Waals surface area contributed by atoms with E-state index in [1.165, 1.54) is 0 Å². The van der Waals surface area contributed by atoms with Gasteiger partial charge >= 0.3 is 0 Å². The molecule has 0 unspecified atom stereocenters. The highest BCUT2D eigenvalue weighted by molar-refractivity contribution is 5.80. The maximum absolute atomic E-state index is 12.8. The van der Waals surface area contributed by atoms with Gasteiger partial charge in [-0.3, -0.25) is 9.59 Å². The van der Waals surface area contributed by atoms with Gasteiger partial charge < -0.3 is 14.4 Å². The highest BCUT2D eigenvalue weighted by atomic mass is 16.2. The predicted octanol–water partition coefficient (Wildman–Crippen LogP) is 2.88. The Bertz CT molecular complexity index is 787. The number of hydrogen-bond donors (Lipinski definition) is 0. The summed E-state index contributed by atoms with van der Waals surface area (Å²) >= 11 is 0. The van der Waals surface area contributed by atoms with Crippen molar-refractivity contribution in [2.45, 2.75) is 58.7 Å². The number of aromatic nitrogens is 2. The Labute approximate surface area is 167 Å². The van der Waals surface area contributed by atoms with Crippen LogP contribution in [0.1, 0.15) is 44.5 Å². The monoisotopic (exact) mass is 382 g/mol. The number of imidazole rings is 1. The molecule has 0 saturated carbocycles. The minimum Gasteiger partial charge on any atom is -0.340 e. The SMILES string of the molecule is CCc1nccn1CCC(=O)N1CCC(=O)N(Cc2ccccc2)[C@H](CC)C1. The number of benzene rings is 1. The summed E-state index contributed by atoms with van der Waals surface area (Å²) < 4.78 is 2.04. The van der Waals surface area contributed by atoms with Crippen LogP contribution in [0.4, 0.5) is 0 Å². The van der Waals surface area contributed by atoms with Gasteiger partial charge in [0.2, 0.25) is 11.8 Å². The smallest absolute Gasteiger partial charge is 0.224 e. The van der Waals surface area contributed by atoms with Crippen molar-refractivity contribution in [3.05, 3.63) is 54.1 Å². The second-order valence-corrected chi connectivity index (χ2v) is 7.30. The molecular formula is C22H30N4O2. The first-order chi connectivity index (χ1) is 13.6. The Kier molecular flexibility index (Phi) is 6.85. The molecule has 1 fully saturated rings. The molecule has 1 atom stereocenters. The van der Waals surface area contributed by atoms with Gasteiger partial charge in [-0.2, -0.15) is 0 Å². The molecule has 2 amide bonds. The molecule has 1 aliphatic heterocycles. The molecule has 1 aliphatic rings. The van der Waals surface area contributed by atoms with Gasteiger partial charge in [0.1, 0.15) is 5.82 Å². The summed E-state index contributed by atoms with van der Waals surface area (Å²) in [5, 5.41) is 0. The molecule has 0 radical (unpaired) electrons. The Hall–Kier alpha value is -2.63. The normalized spacial score (nSPS) is 17.6. The summed E-state index contributed by atoms with van der Waals surface area (Å²) in [5.41, 5.74) is 1.13. The second-order valence-electron chi connectivity index (χ2n) is 7.30. The number of carbonyl (C=O) groups excluding carboxylic acids is 2. The molecule has 1 saturated heterocycles. The number of aryl methyl sites for hydroxylation is 2. The van der Waals surface area contributed by atoms with Crippen LogP contribution >= 0.6 is 0 Å². The van der Waals surface area contributed by atoms with Gasteiger partial charge in [-0.1, -0.05) is 44.2 Å². The van der Waals surface area contributed by atoms with Crippen LogP contribution in [0.15, 0.2) is 42.7 Å². The zero-order valence-corrected chi connectivity index (χ0v) is 16.9. The fourth-order valence-electron chi connectivity index (χ4n) is 3.83. The third kappa shape index (κ3) is 4.80. The van der Waals surface area contributed by atoms with Gasteiger partial charge in [0.15, 0.2) is 0 Å². The van der Waals surface area contributed by atoms with Gasteiger partial charge in [-0.25, -0.2) is 4.98 Å². The number of amides is 2. The zero-order chi connectivity index (χ0) is 19.9. The van der Waals surface area contributed by atoms with Crippen LogP contribution in [0.2, 0.25) is 0 Å². The molecule has 0 bridgehead atoms. The van der Waals surface area contributed by atoms with Crippen molar-refractivity contribution < 1.29 is 9.59 Å². The third-order valence-electron chi connectivity index (χ3n) is 5.49. The van der Waals surface area contributed by atoms with Crippen molar-refractivity contribution in [2.75, 3.05) is 13.1 Å². The summed E-state index contributed by atoms with van der Waals surface area (Å²) in [7, 11) is 0. The van der Waals surface area contributed by atoms with E-state index in [2.05, 4.69) is 18.8 Å². The van der Waals surface area contributed by atoms with Crippen LogP contribution in [0.5, 0.6) is 0 Å². The molecule has 2 aromatic rings. The lowest BCUT2D eigenvalue weighted by atomic mass is 10.1. The summed E-state index contributed by atoms with van der Waals surface area (Å²) in [4.78, 5) is 33.7. The summed E-state index contributed by atoms with van der Waals surface area (Å²) in [6.07, 6.45) is 6.22. The Morgan fingerprint density at radius 3 is 2.71 bits per heavy atom. The van der Waals surface area contributed by atoms with E-state index >= 15 is 0 Å². The molecule has 3 rings (SSSR count). The van der Waals surface area contributed by atoms with E-state index < -0.39 is 0 Å². The number of carbonyl (C=O) groups is 2. The van der Waals surface area contributed by atoms with E-state index in [1.807, 2.05) is 50.9 Å². The lowest BCUT2D eigenvalue weighted by molar-refractivity contribution is -0.133. The zero-order valence-electron chi connectivity index (χ0n) is 16.9. The molecule has 150 valence electrons. The van der Waals surface area contributed by atoms with Crippen molar-refractivity contribution in [3.8, 4) is 0 Å². The number of nitrogens with zero attached hydrogens (tertiary/aromatic N) is 4. The van der Waals surface area contributed by atoms with Crippen LogP contribution in [-0.4, -0.2) is 50.3 Å². The molecule has 28 heavy (non-hydrogen) atoms. The maximum Gasteiger partial charge on any atom is 0.224 e. The molecule has 2 heterocycles. The van der Waals surface area contributed by atoms with Crippen LogP contribution in [0.3, 0.4) is 0 Å². The Morgan fingerprint density at radius 1 is 1.21 bits per heavy atom. The molecular weight excluding hydrogens is 352 g/mol. The molecule has 6 nitrogen and oxygen atoms in total. The molecule has 0 aliphatic carbocycles. The first kappa shape index (κ1) is 20.1. The average molecular weight is 383 g/mol.